The van der Waals surface area contributed by atoms with Crippen LogP contribution in [0.4, 0.5) is 5.88 Å². The molecule has 4 heteroatoms. The number of anilines is 1. The molecule has 2 rings (SSSR count). The van der Waals surface area contributed by atoms with Gasteiger partial charge in [-0.1, -0.05) is 29.4 Å². The van der Waals surface area contributed by atoms with Gasteiger partial charge in [0.05, 0.1) is 5.56 Å². The molecular formula is C11H13N3O. The predicted octanol–water partition coefficient (Wildman–Crippen LogP) is 1.69. The van der Waals surface area contributed by atoms with E-state index in [1.807, 2.05) is 31.2 Å². The van der Waals surface area contributed by atoms with E-state index in [1.165, 1.54) is 0 Å². The summed E-state index contributed by atoms with van der Waals surface area (Å²) in [6.45, 7) is 2.34. The molecule has 0 aliphatic rings. The smallest absolute Gasteiger partial charge is 0.230 e. The molecule has 0 radical (unpaired) electrons. The molecule has 0 unspecified atom stereocenters. The molecule has 78 valence electrons. The van der Waals surface area contributed by atoms with Crippen LogP contribution in [0, 0.1) is 6.92 Å². The van der Waals surface area contributed by atoms with E-state index in [0.717, 1.165) is 16.7 Å². The van der Waals surface area contributed by atoms with Crippen LogP contribution in [-0.4, -0.2) is 5.16 Å². The lowest BCUT2D eigenvalue weighted by molar-refractivity contribution is 0.428. The minimum Gasteiger partial charge on any atom is -0.367 e. The second-order valence-corrected chi connectivity index (χ2v) is 3.39. The summed E-state index contributed by atoms with van der Waals surface area (Å²) in [5.74, 6) is 0.324. The van der Waals surface area contributed by atoms with Gasteiger partial charge in [-0.25, -0.2) is 0 Å². The van der Waals surface area contributed by atoms with Crippen LogP contribution in [0.25, 0.3) is 11.1 Å². The third-order valence-electron chi connectivity index (χ3n) is 2.40. The SMILES string of the molecule is Cc1ccccc1-c1c(CN)noc1N. The molecule has 0 bridgehead atoms. The summed E-state index contributed by atoms with van der Waals surface area (Å²) in [4.78, 5) is 0. The molecule has 1 aromatic heterocycles. The molecule has 0 fully saturated rings. The van der Waals surface area contributed by atoms with Crippen molar-refractivity contribution >= 4 is 5.88 Å². The zero-order chi connectivity index (χ0) is 10.8. The van der Waals surface area contributed by atoms with Crippen LogP contribution in [0.3, 0.4) is 0 Å². The van der Waals surface area contributed by atoms with Crippen LogP contribution in [0.1, 0.15) is 11.3 Å². The van der Waals surface area contributed by atoms with E-state index in [-0.39, 0.29) is 0 Å². The van der Waals surface area contributed by atoms with Crippen molar-refractivity contribution < 1.29 is 4.52 Å². The third kappa shape index (κ3) is 1.59. The fourth-order valence-corrected chi connectivity index (χ4v) is 1.62. The normalized spacial score (nSPS) is 10.5. The van der Waals surface area contributed by atoms with E-state index in [0.29, 0.717) is 18.1 Å². The summed E-state index contributed by atoms with van der Waals surface area (Å²) in [6, 6.07) is 7.93. The van der Waals surface area contributed by atoms with E-state index in [1.54, 1.807) is 0 Å². The molecule has 0 spiro atoms. The van der Waals surface area contributed by atoms with E-state index in [2.05, 4.69) is 5.16 Å². The van der Waals surface area contributed by atoms with Crippen molar-refractivity contribution in [3.05, 3.63) is 35.5 Å². The molecule has 0 saturated heterocycles. The fourth-order valence-electron chi connectivity index (χ4n) is 1.62. The molecule has 15 heavy (non-hydrogen) atoms. The molecule has 0 amide bonds. The van der Waals surface area contributed by atoms with Gasteiger partial charge in [0.15, 0.2) is 0 Å². The highest BCUT2D eigenvalue weighted by Crippen LogP contribution is 2.31. The Morgan fingerprint density at radius 2 is 2.07 bits per heavy atom. The lowest BCUT2D eigenvalue weighted by Crippen LogP contribution is -1.99. The zero-order valence-corrected chi connectivity index (χ0v) is 8.53. The van der Waals surface area contributed by atoms with Gasteiger partial charge in [0, 0.05) is 6.54 Å². The summed E-state index contributed by atoms with van der Waals surface area (Å²) in [5, 5.41) is 3.83. The quantitative estimate of drug-likeness (QED) is 0.778. The van der Waals surface area contributed by atoms with Crippen LogP contribution in [-0.2, 0) is 6.54 Å². The first-order valence-electron chi connectivity index (χ1n) is 4.74. The Labute approximate surface area is 87.9 Å². The number of hydrogen-bond acceptors (Lipinski definition) is 4. The van der Waals surface area contributed by atoms with Crippen molar-refractivity contribution in [2.45, 2.75) is 13.5 Å². The van der Waals surface area contributed by atoms with Crippen LogP contribution >= 0.6 is 0 Å². The molecule has 1 heterocycles. The molecule has 4 nitrogen and oxygen atoms in total. The molecular weight excluding hydrogens is 190 g/mol. The maximum atomic E-state index is 5.73. The monoisotopic (exact) mass is 203 g/mol. The number of hydrogen-bond donors (Lipinski definition) is 2. The summed E-state index contributed by atoms with van der Waals surface area (Å²) in [6.07, 6.45) is 0. The van der Waals surface area contributed by atoms with Gasteiger partial charge in [-0.15, -0.1) is 0 Å². The predicted molar refractivity (Wildman–Crippen MR) is 59.0 cm³/mol. The Morgan fingerprint density at radius 3 is 2.73 bits per heavy atom. The van der Waals surface area contributed by atoms with E-state index in [9.17, 15) is 0 Å². The minimum atomic E-state index is 0.324. The van der Waals surface area contributed by atoms with Gasteiger partial charge >= 0.3 is 0 Å². The van der Waals surface area contributed by atoms with E-state index in [4.69, 9.17) is 16.0 Å². The van der Waals surface area contributed by atoms with E-state index < -0.39 is 0 Å². The Hall–Kier alpha value is -1.81. The van der Waals surface area contributed by atoms with E-state index >= 15 is 0 Å². The molecule has 0 saturated carbocycles. The van der Waals surface area contributed by atoms with Crippen molar-refractivity contribution in [1.82, 2.24) is 5.16 Å². The fraction of sp³-hybridized carbons (Fsp3) is 0.182. The van der Waals surface area contributed by atoms with Gasteiger partial charge in [0.25, 0.3) is 0 Å². The molecule has 2 aromatic rings. The molecule has 4 N–H and O–H groups in total. The first kappa shape index (κ1) is 9.73. The Morgan fingerprint density at radius 1 is 1.33 bits per heavy atom. The van der Waals surface area contributed by atoms with Crippen molar-refractivity contribution in [3.8, 4) is 11.1 Å². The van der Waals surface area contributed by atoms with Gasteiger partial charge in [0.1, 0.15) is 5.69 Å². The Balaban J connectivity index is 2.63. The number of aromatic nitrogens is 1. The molecule has 0 aliphatic heterocycles. The highest BCUT2D eigenvalue weighted by molar-refractivity contribution is 5.77. The average molecular weight is 203 g/mol. The zero-order valence-electron chi connectivity index (χ0n) is 8.53. The van der Waals surface area contributed by atoms with Gasteiger partial charge < -0.3 is 16.0 Å². The molecule has 0 aliphatic carbocycles. The van der Waals surface area contributed by atoms with Crippen LogP contribution in [0.15, 0.2) is 28.8 Å². The number of nitrogens with two attached hydrogens (primary N) is 2. The van der Waals surface area contributed by atoms with Crippen molar-refractivity contribution in [1.29, 1.82) is 0 Å². The second kappa shape index (κ2) is 3.74. The lowest BCUT2D eigenvalue weighted by atomic mass is 10.0. The van der Waals surface area contributed by atoms with Crippen molar-refractivity contribution in [2.75, 3.05) is 5.73 Å². The molecule has 1 aromatic carbocycles. The van der Waals surface area contributed by atoms with Crippen molar-refractivity contribution in [3.63, 3.8) is 0 Å². The maximum absolute atomic E-state index is 5.73. The second-order valence-electron chi connectivity index (χ2n) is 3.39. The summed E-state index contributed by atoms with van der Waals surface area (Å²) in [5.41, 5.74) is 15.0. The number of benzene rings is 1. The first-order valence-corrected chi connectivity index (χ1v) is 4.74. The number of aryl methyl sites for hydroxylation is 1. The number of rotatable bonds is 2. The lowest BCUT2D eigenvalue weighted by Gasteiger charge is -2.04. The first-order chi connectivity index (χ1) is 7.24. The Kier molecular flexibility index (Phi) is 2.43. The highest BCUT2D eigenvalue weighted by Gasteiger charge is 2.15. The number of nitrogens with zero attached hydrogens (tertiary/aromatic N) is 1. The van der Waals surface area contributed by atoms with Crippen LogP contribution in [0.5, 0.6) is 0 Å². The van der Waals surface area contributed by atoms with Gasteiger partial charge in [-0.05, 0) is 18.1 Å². The third-order valence-corrected chi connectivity index (χ3v) is 2.40. The average Bonchev–Trinajstić information content (AvgIpc) is 2.60. The van der Waals surface area contributed by atoms with Crippen LogP contribution in [0.2, 0.25) is 0 Å². The van der Waals surface area contributed by atoms with Crippen LogP contribution < -0.4 is 11.5 Å². The maximum Gasteiger partial charge on any atom is 0.230 e. The van der Waals surface area contributed by atoms with Gasteiger partial charge in [-0.3, -0.25) is 0 Å². The summed E-state index contributed by atoms with van der Waals surface area (Å²) < 4.78 is 4.94. The van der Waals surface area contributed by atoms with Crippen molar-refractivity contribution in [2.24, 2.45) is 5.73 Å². The summed E-state index contributed by atoms with van der Waals surface area (Å²) in [7, 11) is 0. The highest BCUT2D eigenvalue weighted by atomic mass is 16.5. The molecule has 0 atom stereocenters. The van der Waals surface area contributed by atoms with Gasteiger partial charge in [-0.2, -0.15) is 0 Å². The topological polar surface area (TPSA) is 78.1 Å². The minimum absolute atomic E-state index is 0.324. The van der Waals surface area contributed by atoms with Gasteiger partial charge in [0.2, 0.25) is 5.88 Å². The summed E-state index contributed by atoms with van der Waals surface area (Å²) >= 11 is 0. The number of nitrogen functional groups attached to an aromatic ring is 1. The standard InChI is InChI=1S/C11H13N3O/c1-7-4-2-3-5-8(7)10-9(6-12)14-15-11(10)13/h2-5H,6,12-13H2,1H3. The Bertz CT molecular complexity index is 476. The largest absolute Gasteiger partial charge is 0.367 e.